The highest BCUT2D eigenvalue weighted by molar-refractivity contribution is 5.40. The van der Waals surface area contributed by atoms with Crippen LogP contribution in [-0.4, -0.2) is 9.97 Å². The molecule has 1 aromatic carbocycles. The highest BCUT2D eigenvalue weighted by atomic mass is 16.1. The average molecular weight is 215 g/mol. The van der Waals surface area contributed by atoms with E-state index in [2.05, 4.69) is 9.97 Å². The van der Waals surface area contributed by atoms with Gasteiger partial charge in [-0.05, 0) is 12.5 Å². The molecule has 0 fully saturated rings. The van der Waals surface area contributed by atoms with E-state index in [4.69, 9.17) is 5.73 Å². The van der Waals surface area contributed by atoms with Gasteiger partial charge in [-0.25, -0.2) is 9.78 Å². The van der Waals surface area contributed by atoms with Gasteiger partial charge in [0, 0.05) is 18.2 Å². The molecule has 0 aliphatic carbocycles. The molecule has 1 aromatic heterocycles. The van der Waals surface area contributed by atoms with Crippen LogP contribution >= 0.6 is 0 Å². The maximum absolute atomic E-state index is 10.9. The number of hydrogen-bond donors (Lipinski definition) is 2. The largest absolute Gasteiger partial charge is 0.385 e. The predicted octanol–water partition coefficient (Wildman–Crippen LogP) is 1.25. The fourth-order valence-electron chi connectivity index (χ4n) is 1.50. The van der Waals surface area contributed by atoms with Crippen LogP contribution in [-0.2, 0) is 6.42 Å². The highest BCUT2D eigenvalue weighted by Crippen LogP contribution is 2.12. The topological polar surface area (TPSA) is 71.8 Å². The third-order valence-corrected chi connectivity index (χ3v) is 2.44. The molecule has 1 heterocycles. The Labute approximate surface area is 93.2 Å². The number of nitrogens with two attached hydrogens (primary N) is 1. The van der Waals surface area contributed by atoms with Crippen LogP contribution in [0.2, 0.25) is 0 Å². The number of aromatic nitrogens is 2. The Hall–Kier alpha value is -2.10. The summed E-state index contributed by atoms with van der Waals surface area (Å²) in [5, 5.41) is 0. The molecular formula is C12H13N3O. The zero-order chi connectivity index (χ0) is 11.5. The lowest BCUT2D eigenvalue weighted by Crippen LogP contribution is -2.14. The van der Waals surface area contributed by atoms with Crippen LogP contribution in [0.4, 0.5) is 5.82 Å². The van der Waals surface area contributed by atoms with Crippen LogP contribution in [0.5, 0.6) is 0 Å². The quantitative estimate of drug-likeness (QED) is 0.792. The Bertz CT molecular complexity index is 543. The van der Waals surface area contributed by atoms with Crippen LogP contribution < -0.4 is 11.4 Å². The SMILES string of the molecule is Cc1ccc(Cc2cnc(=O)[nH]c2N)cc1. The van der Waals surface area contributed by atoms with Crippen molar-refractivity contribution in [2.75, 3.05) is 5.73 Å². The van der Waals surface area contributed by atoms with E-state index in [1.54, 1.807) is 0 Å². The van der Waals surface area contributed by atoms with Gasteiger partial charge in [-0.2, -0.15) is 0 Å². The predicted molar refractivity (Wildman–Crippen MR) is 63.3 cm³/mol. The molecule has 4 heteroatoms. The van der Waals surface area contributed by atoms with E-state index < -0.39 is 5.69 Å². The number of rotatable bonds is 2. The van der Waals surface area contributed by atoms with E-state index in [9.17, 15) is 4.79 Å². The zero-order valence-electron chi connectivity index (χ0n) is 9.03. The molecule has 16 heavy (non-hydrogen) atoms. The molecule has 0 aliphatic rings. The molecule has 0 saturated carbocycles. The maximum Gasteiger partial charge on any atom is 0.346 e. The molecule has 0 amide bonds. The number of H-pyrrole nitrogens is 1. The van der Waals surface area contributed by atoms with Crippen molar-refractivity contribution < 1.29 is 0 Å². The third-order valence-electron chi connectivity index (χ3n) is 2.44. The molecule has 3 N–H and O–H groups in total. The smallest absolute Gasteiger partial charge is 0.346 e. The molecule has 4 nitrogen and oxygen atoms in total. The normalized spacial score (nSPS) is 10.3. The molecule has 0 saturated heterocycles. The van der Waals surface area contributed by atoms with Crippen molar-refractivity contribution in [1.29, 1.82) is 0 Å². The van der Waals surface area contributed by atoms with E-state index in [1.165, 1.54) is 11.8 Å². The van der Waals surface area contributed by atoms with Gasteiger partial charge in [0.05, 0.1) is 0 Å². The molecule has 0 bridgehead atoms. The van der Waals surface area contributed by atoms with Gasteiger partial charge in [0.15, 0.2) is 0 Å². The van der Waals surface area contributed by atoms with Gasteiger partial charge >= 0.3 is 5.69 Å². The van der Waals surface area contributed by atoms with Crippen LogP contribution in [0, 0.1) is 6.92 Å². The Morgan fingerprint density at radius 1 is 1.31 bits per heavy atom. The lowest BCUT2D eigenvalue weighted by atomic mass is 10.1. The van der Waals surface area contributed by atoms with Gasteiger partial charge in [-0.1, -0.05) is 29.8 Å². The summed E-state index contributed by atoms with van der Waals surface area (Å²) in [7, 11) is 0. The molecule has 0 aliphatic heterocycles. The summed E-state index contributed by atoms with van der Waals surface area (Å²) in [5.74, 6) is 0.389. The number of anilines is 1. The van der Waals surface area contributed by atoms with Gasteiger partial charge in [0.2, 0.25) is 0 Å². The first-order valence-electron chi connectivity index (χ1n) is 5.04. The summed E-state index contributed by atoms with van der Waals surface area (Å²) in [5.41, 5.74) is 8.49. The second kappa shape index (κ2) is 4.18. The van der Waals surface area contributed by atoms with Crippen molar-refractivity contribution in [2.45, 2.75) is 13.3 Å². The van der Waals surface area contributed by atoms with Crippen molar-refractivity contribution in [2.24, 2.45) is 0 Å². The van der Waals surface area contributed by atoms with Crippen molar-refractivity contribution in [3.8, 4) is 0 Å². The van der Waals surface area contributed by atoms with Gasteiger partial charge in [0.1, 0.15) is 5.82 Å². The molecule has 2 rings (SSSR count). The van der Waals surface area contributed by atoms with Gasteiger partial charge in [0.25, 0.3) is 0 Å². The Kier molecular flexibility index (Phi) is 2.72. The summed E-state index contributed by atoms with van der Waals surface area (Å²) in [6.45, 7) is 2.04. The Balaban J connectivity index is 2.27. The number of nitrogens with one attached hydrogen (secondary N) is 1. The van der Waals surface area contributed by atoms with E-state index in [1.807, 2.05) is 31.2 Å². The third kappa shape index (κ3) is 2.28. The summed E-state index contributed by atoms with van der Waals surface area (Å²) in [6, 6.07) is 8.18. The minimum absolute atomic E-state index is 0.389. The highest BCUT2D eigenvalue weighted by Gasteiger charge is 2.02. The van der Waals surface area contributed by atoms with Crippen LogP contribution in [0.15, 0.2) is 35.3 Å². The van der Waals surface area contributed by atoms with E-state index in [0.29, 0.717) is 12.2 Å². The fraction of sp³-hybridized carbons (Fsp3) is 0.167. The van der Waals surface area contributed by atoms with Crippen LogP contribution in [0.1, 0.15) is 16.7 Å². The van der Waals surface area contributed by atoms with Gasteiger partial charge in [-0.15, -0.1) is 0 Å². The fourth-order valence-corrected chi connectivity index (χ4v) is 1.50. The summed E-state index contributed by atoms with van der Waals surface area (Å²) in [6.07, 6.45) is 2.20. The second-order valence-corrected chi connectivity index (χ2v) is 3.79. The Morgan fingerprint density at radius 2 is 2.00 bits per heavy atom. The average Bonchev–Trinajstić information content (AvgIpc) is 2.25. The number of nitrogen functional groups attached to an aromatic ring is 1. The zero-order valence-corrected chi connectivity index (χ0v) is 9.03. The Morgan fingerprint density at radius 3 is 2.62 bits per heavy atom. The lowest BCUT2D eigenvalue weighted by Gasteiger charge is -2.04. The first kappa shape index (κ1) is 10.4. The van der Waals surface area contributed by atoms with Crippen molar-refractivity contribution in [1.82, 2.24) is 9.97 Å². The minimum Gasteiger partial charge on any atom is -0.385 e. The number of aromatic amines is 1. The van der Waals surface area contributed by atoms with Crippen LogP contribution in [0.25, 0.3) is 0 Å². The number of benzene rings is 1. The first-order chi connectivity index (χ1) is 7.65. The number of aryl methyl sites for hydroxylation is 1. The van der Waals surface area contributed by atoms with E-state index in [0.717, 1.165) is 11.1 Å². The van der Waals surface area contributed by atoms with Crippen molar-refractivity contribution >= 4 is 5.82 Å². The van der Waals surface area contributed by atoms with E-state index in [-0.39, 0.29) is 0 Å². The van der Waals surface area contributed by atoms with Gasteiger partial charge in [-0.3, -0.25) is 4.98 Å². The second-order valence-electron chi connectivity index (χ2n) is 3.79. The van der Waals surface area contributed by atoms with Crippen LogP contribution in [0.3, 0.4) is 0 Å². The maximum atomic E-state index is 10.9. The summed E-state index contributed by atoms with van der Waals surface area (Å²) < 4.78 is 0. The molecule has 0 radical (unpaired) electrons. The molecule has 82 valence electrons. The van der Waals surface area contributed by atoms with Gasteiger partial charge < -0.3 is 5.73 Å². The van der Waals surface area contributed by atoms with Crippen molar-refractivity contribution in [3.05, 3.63) is 57.6 Å². The number of nitrogens with zero attached hydrogens (tertiary/aromatic N) is 1. The summed E-state index contributed by atoms with van der Waals surface area (Å²) in [4.78, 5) is 17.0. The lowest BCUT2D eigenvalue weighted by molar-refractivity contribution is 1.03. The standard InChI is InChI=1S/C12H13N3O/c1-8-2-4-9(5-3-8)6-10-7-14-12(16)15-11(10)13/h2-5,7H,6H2,1H3,(H3,13,14,15,16). The summed E-state index contributed by atoms with van der Waals surface area (Å²) >= 11 is 0. The monoisotopic (exact) mass is 215 g/mol. The molecule has 0 spiro atoms. The molecule has 0 atom stereocenters. The molecular weight excluding hydrogens is 202 g/mol. The minimum atomic E-state index is -0.412. The van der Waals surface area contributed by atoms with E-state index >= 15 is 0 Å². The van der Waals surface area contributed by atoms with Crippen molar-refractivity contribution in [3.63, 3.8) is 0 Å². The molecule has 2 aromatic rings. The molecule has 0 unspecified atom stereocenters. The first-order valence-corrected chi connectivity index (χ1v) is 5.04. The number of hydrogen-bond acceptors (Lipinski definition) is 3.